The summed E-state index contributed by atoms with van der Waals surface area (Å²) in [6, 6.07) is 12.9. The second-order valence-electron chi connectivity index (χ2n) is 6.51. The lowest BCUT2D eigenvalue weighted by Crippen LogP contribution is -2.31. The van der Waals surface area contributed by atoms with E-state index in [1.165, 1.54) is 12.1 Å². The monoisotopic (exact) mass is 448 g/mol. The first kappa shape index (κ1) is 22.7. The number of hydrogen-bond acceptors (Lipinski definition) is 4. The largest absolute Gasteiger partial charge is 0.491 e. The number of nitrogens with zero attached hydrogens (tertiary/aromatic N) is 2. The van der Waals surface area contributed by atoms with Crippen LogP contribution in [0, 0.1) is 40.4 Å². The number of ether oxygens (including phenoxy) is 1. The third kappa shape index (κ3) is 4.38. The van der Waals surface area contributed by atoms with Crippen molar-refractivity contribution in [1.29, 1.82) is 5.26 Å². The quantitative estimate of drug-likeness (QED) is 0.140. The van der Waals surface area contributed by atoms with Gasteiger partial charge in [0.2, 0.25) is 12.2 Å². The summed E-state index contributed by atoms with van der Waals surface area (Å²) in [5.41, 5.74) is 0.606. The lowest BCUT2D eigenvalue weighted by Gasteiger charge is -2.24. The van der Waals surface area contributed by atoms with Crippen LogP contribution in [0.2, 0.25) is 0 Å². The molecule has 1 amide bonds. The average Bonchev–Trinajstić information content (AvgIpc) is 2.83. The molecule has 0 aliphatic heterocycles. The second kappa shape index (κ2) is 9.45. The lowest BCUT2D eigenvalue weighted by atomic mass is 10.0. The first-order valence-corrected chi connectivity index (χ1v) is 8.95. The van der Waals surface area contributed by atoms with E-state index in [2.05, 4.69) is 0 Å². The van der Waals surface area contributed by atoms with E-state index in [1.807, 2.05) is 6.07 Å². The Balaban J connectivity index is 1.84. The van der Waals surface area contributed by atoms with Gasteiger partial charge in [-0.05, 0) is 35.4 Å². The molecule has 10 heteroatoms. The summed E-state index contributed by atoms with van der Waals surface area (Å²) in [5, 5.41) is 18.3. The van der Waals surface area contributed by atoms with Gasteiger partial charge in [0, 0.05) is 0 Å². The van der Waals surface area contributed by atoms with E-state index in [4.69, 9.17) is 10.00 Å². The van der Waals surface area contributed by atoms with Gasteiger partial charge in [0.05, 0.1) is 17.2 Å². The zero-order chi connectivity index (χ0) is 23.4. The van der Waals surface area contributed by atoms with E-state index >= 15 is 0 Å². The Morgan fingerprint density at radius 3 is 1.81 bits per heavy atom. The predicted octanol–water partition coefficient (Wildman–Crippen LogP) is 4.89. The molecule has 0 saturated heterocycles. The molecule has 1 N–H and O–H groups in total. The Kier molecular flexibility index (Phi) is 6.70. The molecular formula is C22H13F5N2O3. The Morgan fingerprint density at radius 1 is 0.875 bits per heavy atom. The zero-order valence-corrected chi connectivity index (χ0v) is 16.0. The number of hydroxylamine groups is 2. The topological polar surface area (TPSA) is 73.6 Å². The maximum Gasteiger partial charge on any atom is 0.233 e. The predicted molar refractivity (Wildman–Crippen MR) is 101 cm³/mol. The summed E-state index contributed by atoms with van der Waals surface area (Å²) < 4.78 is 73.9. The van der Waals surface area contributed by atoms with Crippen LogP contribution in [0.4, 0.5) is 22.0 Å². The van der Waals surface area contributed by atoms with Crippen LogP contribution in [-0.4, -0.2) is 23.3 Å². The maximum atomic E-state index is 14.1. The second-order valence-corrected chi connectivity index (χ2v) is 6.51. The third-order valence-electron chi connectivity index (χ3n) is 4.61. The minimum atomic E-state index is -2.36. The van der Waals surface area contributed by atoms with E-state index in [0.717, 1.165) is 11.1 Å². The zero-order valence-electron chi connectivity index (χ0n) is 16.0. The van der Waals surface area contributed by atoms with Crippen molar-refractivity contribution >= 4 is 6.41 Å². The van der Waals surface area contributed by atoms with Gasteiger partial charge in [-0.3, -0.25) is 10.0 Å². The first-order valence-electron chi connectivity index (χ1n) is 8.95. The van der Waals surface area contributed by atoms with Gasteiger partial charge >= 0.3 is 0 Å². The Morgan fingerprint density at radius 2 is 1.34 bits per heavy atom. The van der Waals surface area contributed by atoms with E-state index in [0.29, 0.717) is 5.56 Å². The van der Waals surface area contributed by atoms with Crippen LogP contribution in [0.25, 0.3) is 11.1 Å². The molecule has 0 fully saturated rings. The number of benzene rings is 3. The van der Waals surface area contributed by atoms with Gasteiger partial charge in [0.25, 0.3) is 0 Å². The van der Waals surface area contributed by atoms with Gasteiger partial charge in [0.15, 0.2) is 23.3 Å². The summed E-state index contributed by atoms with van der Waals surface area (Å²) in [5.74, 6) is -11.0. The minimum absolute atomic E-state index is 0.135. The number of hydrogen-bond donors (Lipinski definition) is 1. The molecule has 0 spiro atoms. The Hall–Kier alpha value is -3.97. The highest BCUT2D eigenvalue weighted by molar-refractivity contribution is 5.65. The highest BCUT2D eigenvalue weighted by atomic mass is 19.2. The van der Waals surface area contributed by atoms with Crippen LogP contribution >= 0.6 is 0 Å². The highest BCUT2D eigenvalue weighted by Gasteiger charge is 2.33. The van der Waals surface area contributed by atoms with E-state index in [9.17, 15) is 32.0 Å². The van der Waals surface area contributed by atoms with Crippen molar-refractivity contribution in [2.45, 2.75) is 6.04 Å². The minimum Gasteiger partial charge on any atom is -0.491 e. The first-order chi connectivity index (χ1) is 15.3. The number of rotatable bonds is 7. The third-order valence-corrected chi connectivity index (χ3v) is 4.61. The van der Waals surface area contributed by atoms with Crippen molar-refractivity contribution in [3.63, 3.8) is 0 Å². The van der Waals surface area contributed by atoms with Gasteiger partial charge < -0.3 is 4.74 Å². The fraction of sp³-hybridized carbons (Fsp3) is 0.0909. The van der Waals surface area contributed by atoms with E-state index in [-0.39, 0.29) is 17.2 Å². The van der Waals surface area contributed by atoms with Crippen molar-refractivity contribution in [1.82, 2.24) is 5.06 Å². The molecule has 0 aliphatic carbocycles. The average molecular weight is 448 g/mol. The molecule has 3 aromatic rings. The number of halogens is 5. The summed E-state index contributed by atoms with van der Waals surface area (Å²) in [6.45, 7) is -0.816. The van der Waals surface area contributed by atoms with Gasteiger partial charge in [0.1, 0.15) is 18.4 Å². The summed E-state index contributed by atoms with van der Waals surface area (Å²) in [4.78, 5) is 10.9. The fourth-order valence-corrected chi connectivity index (χ4v) is 2.94. The molecule has 1 atom stereocenters. The molecule has 0 aliphatic rings. The van der Waals surface area contributed by atoms with Crippen LogP contribution in [0.1, 0.15) is 17.2 Å². The lowest BCUT2D eigenvalue weighted by molar-refractivity contribution is -0.164. The van der Waals surface area contributed by atoms with Gasteiger partial charge in [-0.15, -0.1) is 0 Å². The summed E-state index contributed by atoms with van der Waals surface area (Å²) >= 11 is 0. The van der Waals surface area contributed by atoms with Crippen LogP contribution in [0.3, 0.4) is 0 Å². The summed E-state index contributed by atoms with van der Waals surface area (Å²) in [6.07, 6.45) is -0.250. The molecule has 3 rings (SSSR count). The van der Waals surface area contributed by atoms with Crippen molar-refractivity contribution in [2.24, 2.45) is 0 Å². The van der Waals surface area contributed by atoms with Crippen LogP contribution < -0.4 is 4.74 Å². The highest BCUT2D eigenvalue weighted by Crippen LogP contribution is 2.31. The Labute approximate surface area is 178 Å². The molecule has 1 unspecified atom stereocenters. The molecule has 0 radical (unpaired) electrons. The standard InChI is InChI=1S/C22H13F5N2O3/c23-18-17(19(24)21(26)22(27)20(18)25)16(29(31)11-30)10-32-15-7-5-14(6-8-15)13-3-1-12(9-28)2-4-13/h1-8,11,16,31H,10H2. The molecule has 0 aromatic heterocycles. The molecular weight excluding hydrogens is 435 g/mol. The smallest absolute Gasteiger partial charge is 0.233 e. The van der Waals surface area contributed by atoms with Crippen molar-refractivity contribution < 1.29 is 36.7 Å². The van der Waals surface area contributed by atoms with E-state index in [1.54, 1.807) is 36.4 Å². The van der Waals surface area contributed by atoms with Gasteiger partial charge in [-0.1, -0.05) is 24.3 Å². The normalized spacial score (nSPS) is 11.5. The molecule has 3 aromatic carbocycles. The van der Waals surface area contributed by atoms with Crippen molar-refractivity contribution in [3.05, 3.63) is 88.7 Å². The Bertz CT molecular complexity index is 1150. The SMILES string of the molecule is N#Cc1ccc(-c2ccc(OCC(c3c(F)c(F)c(F)c(F)c3F)N(O)C=O)cc2)cc1. The molecule has 164 valence electrons. The summed E-state index contributed by atoms with van der Waals surface area (Å²) in [7, 11) is 0. The molecule has 0 heterocycles. The fourth-order valence-electron chi connectivity index (χ4n) is 2.94. The van der Waals surface area contributed by atoms with Crippen LogP contribution in [-0.2, 0) is 4.79 Å². The molecule has 5 nitrogen and oxygen atoms in total. The number of carbonyl (C=O) groups is 1. The molecule has 32 heavy (non-hydrogen) atoms. The van der Waals surface area contributed by atoms with Crippen LogP contribution in [0.15, 0.2) is 48.5 Å². The molecule has 0 bridgehead atoms. The van der Waals surface area contributed by atoms with Gasteiger partial charge in [-0.2, -0.15) is 5.26 Å². The molecule has 0 saturated carbocycles. The number of nitriles is 1. The van der Waals surface area contributed by atoms with Crippen molar-refractivity contribution in [3.8, 4) is 22.9 Å². The van der Waals surface area contributed by atoms with Gasteiger partial charge in [-0.25, -0.2) is 27.0 Å². The van der Waals surface area contributed by atoms with E-state index < -0.39 is 47.3 Å². The van der Waals surface area contributed by atoms with Crippen LogP contribution in [0.5, 0.6) is 5.75 Å². The maximum absolute atomic E-state index is 14.1. The number of carbonyl (C=O) groups excluding carboxylic acids is 1. The van der Waals surface area contributed by atoms with Crippen molar-refractivity contribution in [2.75, 3.05) is 6.61 Å². The number of amides is 1.